The van der Waals surface area contributed by atoms with Crippen molar-refractivity contribution in [3.8, 4) is 0 Å². The summed E-state index contributed by atoms with van der Waals surface area (Å²) in [5.74, 6) is -2.09. The molecule has 0 heterocycles. The number of carbonyl (C=O) groups excluding carboxylic acids is 2. The van der Waals surface area contributed by atoms with Crippen LogP contribution >= 0.6 is 0 Å². The maximum absolute atomic E-state index is 11.5. The molecular weight excluding hydrogens is 208 g/mol. The van der Waals surface area contributed by atoms with Crippen molar-refractivity contribution < 1.29 is 19.1 Å². The van der Waals surface area contributed by atoms with Gasteiger partial charge in [-0.05, 0) is 19.9 Å². The first-order valence-corrected chi connectivity index (χ1v) is 4.87. The average Bonchev–Trinajstić information content (AvgIpc) is 2.13. The van der Waals surface area contributed by atoms with Gasteiger partial charge in [-0.1, -0.05) is 13.2 Å². The highest BCUT2D eigenvalue weighted by Crippen LogP contribution is 2.22. The van der Waals surface area contributed by atoms with E-state index in [1.54, 1.807) is 27.7 Å². The van der Waals surface area contributed by atoms with E-state index < -0.39 is 17.4 Å². The van der Waals surface area contributed by atoms with Crippen LogP contribution in [0.1, 0.15) is 27.7 Å². The van der Waals surface area contributed by atoms with Gasteiger partial charge in [-0.25, -0.2) is 4.79 Å². The van der Waals surface area contributed by atoms with E-state index in [0.717, 1.165) is 6.08 Å². The molecular formula is C12H18O4. The molecule has 0 rings (SSSR count). The molecule has 0 saturated carbocycles. The largest absolute Gasteiger partial charge is 0.431 e. The summed E-state index contributed by atoms with van der Waals surface area (Å²) in [6.45, 7) is 12.9. The fourth-order valence-electron chi connectivity index (χ4n) is 1.22. The van der Waals surface area contributed by atoms with E-state index in [1.165, 1.54) is 6.08 Å². The summed E-state index contributed by atoms with van der Waals surface area (Å²) in [5.41, 5.74) is -1.09. The van der Waals surface area contributed by atoms with Gasteiger partial charge in [0.05, 0.1) is 0 Å². The van der Waals surface area contributed by atoms with E-state index in [1.807, 2.05) is 0 Å². The molecule has 0 unspecified atom stereocenters. The monoisotopic (exact) mass is 226 g/mol. The zero-order valence-corrected chi connectivity index (χ0v) is 10.2. The van der Waals surface area contributed by atoms with Crippen molar-refractivity contribution in [1.29, 1.82) is 0 Å². The second-order valence-corrected chi connectivity index (χ2v) is 4.21. The van der Waals surface area contributed by atoms with E-state index in [2.05, 4.69) is 13.2 Å². The first-order chi connectivity index (χ1) is 7.14. The zero-order valence-electron chi connectivity index (χ0n) is 10.2. The molecule has 0 aromatic rings. The van der Waals surface area contributed by atoms with E-state index >= 15 is 0 Å². The lowest BCUT2D eigenvalue weighted by molar-refractivity contribution is -0.244. The van der Waals surface area contributed by atoms with Crippen LogP contribution in [0, 0.1) is 0 Å². The second-order valence-electron chi connectivity index (χ2n) is 4.21. The number of hydrogen-bond donors (Lipinski definition) is 0. The molecule has 0 aromatic carbocycles. The third-order valence-electron chi connectivity index (χ3n) is 1.79. The fraction of sp³-hybridized carbons (Fsp3) is 0.500. The Labute approximate surface area is 95.9 Å². The van der Waals surface area contributed by atoms with E-state index in [0.29, 0.717) is 0 Å². The number of rotatable bonds is 6. The van der Waals surface area contributed by atoms with Crippen molar-refractivity contribution in [2.75, 3.05) is 0 Å². The van der Waals surface area contributed by atoms with Crippen LogP contribution in [-0.4, -0.2) is 23.1 Å². The van der Waals surface area contributed by atoms with Gasteiger partial charge in [-0.3, -0.25) is 4.79 Å². The van der Waals surface area contributed by atoms with Gasteiger partial charge >= 0.3 is 5.97 Å². The molecule has 0 atom stereocenters. The average molecular weight is 226 g/mol. The van der Waals surface area contributed by atoms with Crippen LogP contribution in [0.15, 0.2) is 25.3 Å². The van der Waals surface area contributed by atoms with Crippen LogP contribution < -0.4 is 0 Å². The summed E-state index contributed by atoms with van der Waals surface area (Å²) >= 11 is 0. The molecule has 0 amide bonds. The van der Waals surface area contributed by atoms with Gasteiger partial charge in [0.1, 0.15) is 5.60 Å². The smallest absolute Gasteiger partial charge is 0.332 e. The van der Waals surface area contributed by atoms with Crippen LogP contribution in [0.5, 0.6) is 0 Å². The SMILES string of the molecule is C=CC(=O)OC(C)(C)OC(C)(C)C(=O)C=C. The van der Waals surface area contributed by atoms with Crippen molar-refractivity contribution in [1.82, 2.24) is 0 Å². The summed E-state index contributed by atoms with van der Waals surface area (Å²) in [5, 5.41) is 0. The van der Waals surface area contributed by atoms with Crippen molar-refractivity contribution in [3.05, 3.63) is 25.3 Å². The Morgan fingerprint density at radius 2 is 1.56 bits per heavy atom. The molecule has 90 valence electrons. The third-order valence-corrected chi connectivity index (χ3v) is 1.79. The minimum atomic E-state index is -1.20. The van der Waals surface area contributed by atoms with Gasteiger partial charge in [0.15, 0.2) is 5.78 Å². The van der Waals surface area contributed by atoms with Gasteiger partial charge < -0.3 is 9.47 Å². The molecule has 0 N–H and O–H groups in total. The van der Waals surface area contributed by atoms with E-state index in [9.17, 15) is 9.59 Å². The molecule has 0 spiro atoms. The Morgan fingerprint density at radius 1 is 1.06 bits per heavy atom. The van der Waals surface area contributed by atoms with Crippen LogP contribution in [0.2, 0.25) is 0 Å². The summed E-state index contributed by atoms with van der Waals surface area (Å²) in [6, 6.07) is 0. The van der Waals surface area contributed by atoms with Crippen molar-refractivity contribution in [2.45, 2.75) is 39.1 Å². The number of esters is 1. The van der Waals surface area contributed by atoms with Gasteiger partial charge in [-0.2, -0.15) is 0 Å². The summed E-state index contributed by atoms with van der Waals surface area (Å²) in [7, 11) is 0. The topological polar surface area (TPSA) is 52.6 Å². The first kappa shape index (κ1) is 14.6. The predicted molar refractivity (Wildman–Crippen MR) is 60.7 cm³/mol. The van der Waals surface area contributed by atoms with Crippen LogP contribution in [-0.2, 0) is 19.1 Å². The number of hydrogen-bond acceptors (Lipinski definition) is 4. The number of ketones is 1. The van der Waals surface area contributed by atoms with Gasteiger partial charge in [0.2, 0.25) is 5.79 Å². The maximum atomic E-state index is 11.5. The maximum Gasteiger partial charge on any atom is 0.332 e. The molecule has 0 bridgehead atoms. The first-order valence-electron chi connectivity index (χ1n) is 4.87. The predicted octanol–water partition coefficient (Wildman–Crippen LogP) is 2.00. The Bertz CT molecular complexity index is 313. The van der Waals surface area contributed by atoms with Crippen molar-refractivity contribution in [3.63, 3.8) is 0 Å². The normalized spacial score (nSPS) is 11.8. The molecule has 0 aromatic heterocycles. The molecule has 16 heavy (non-hydrogen) atoms. The third kappa shape index (κ3) is 4.40. The second kappa shape index (κ2) is 5.07. The molecule has 0 aliphatic rings. The van der Waals surface area contributed by atoms with Crippen LogP contribution in [0.25, 0.3) is 0 Å². The van der Waals surface area contributed by atoms with Gasteiger partial charge in [0, 0.05) is 19.9 Å². The quantitative estimate of drug-likeness (QED) is 0.395. The Morgan fingerprint density at radius 3 is 1.94 bits per heavy atom. The highest BCUT2D eigenvalue weighted by Gasteiger charge is 2.35. The minimum Gasteiger partial charge on any atom is -0.431 e. The molecule has 0 saturated heterocycles. The molecule has 0 aliphatic carbocycles. The molecule has 0 radical (unpaired) electrons. The standard InChI is InChI=1S/C12H18O4/c1-7-9(13)11(3,4)16-12(5,6)15-10(14)8-2/h7-8H,1-2H2,3-6H3. The van der Waals surface area contributed by atoms with Gasteiger partial charge in [-0.15, -0.1) is 0 Å². The molecule has 4 nitrogen and oxygen atoms in total. The summed E-state index contributed by atoms with van der Waals surface area (Å²) < 4.78 is 10.4. The van der Waals surface area contributed by atoms with Crippen molar-refractivity contribution in [2.24, 2.45) is 0 Å². The lowest BCUT2D eigenvalue weighted by Gasteiger charge is -2.33. The number of carbonyl (C=O) groups is 2. The van der Waals surface area contributed by atoms with E-state index in [-0.39, 0.29) is 5.78 Å². The molecule has 0 aliphatic heterocycles. The van der Waals surface area contributed by atoms with Crippen molar-refractivity contribution >= 4 is 11.8 Å². The highest BCUT2D eigenvalue weighted by atomic mass is 16.7. The summed E-state index contributed by atoms with van der Waals surface area (Å²) in [6.07, 6.45) is 2.21. The van der Waals surface area contributed by atoms with Crippen LogP contribution in [0.3, 0.4) is 0 Å². The Kier molecular flexibility index (Phi) is 4.62. The Balaban J connectivity index is 4.68. The minimum absolute atomic E-state index is 0.282. The van der Waals surface area contributed by atoms with Gasteiger partial charge in [0.25, 0.3) is 0 Å². The fourth-order valence-corrected chi connectivity index (χ4v) is 1.22. The zero-order chi connectivity index (χ0) is 13.0. The molecule has 0 fully saturated rings. The Hall–Kier alpha value is -1.42. The lowest BCUT2D eigenvalue weighted by atomic mass is 10.0. The van der Waals surface area contributed by atoms with E-state index in [4.69, 9.17) is 9.47 Å². The molecule has 4 heteroatoms. The van der Waals surface area contributed by atoms with Crippen LogP contribution in [0.4, 0.5) is 0 Å². The lowest BCUT2D eigenvalue weighted by Crippen LogP contribution is -2.44. The summed E-state index contributed by atoms with van der Waals surface area (Å²) in [4.78, 5) is 22.5. The highest BCUT2D eigenvalue weighted by molar-refractivity contribution is 5.95. The number of ether oxygens (including phenoxy) is 2.